The van der Waals surface area contributed by atoms with Gasteiger partial charge >= 0.3 is 6.18 Å². The number of halogens is 3. The number of aryl methyl sites for hydroxylation is 1. The van der Waals surface area contributed by atoms with Crippen LogP contribution in [0.25, 0.3) is 10.9 Å². The van der Waals surface area contributed by atoms with Gasteiger partial charge in [0.25, 0.3) is 5.91 Å². The number of alkyl halides is 3. The second kappa shape index (κ2) is 6.42. The molecule has 3 rings (SSSR count). The van der Waals surface area contributed by atoms with E-state index >= 15 is 0 Å². The second-order valence-corrected chi connectivity index (χ2v) is 6.26. The van der Waals surface area contributed by atoms with Crippen molar-refractivity contribution >= 4 is 22.7 Å². The Balaban J connectivity index is 1.76. The van der Waals surface area contributed by atoms with E-state index in [9.17, 15) is 22.8 Å². The van der Waals surface area contributed by atoms with Gasteiger partial charge in [0.2, 0.25) is 5.91 Å². The van der Waals surface area contributed by atoms with Crippen LogP contribution in [0.2, 0.25) is 0 Å². The monoisotopic (exact) mass is 353 g/mol. The fourth-order valence-electron chi connectivity index (χ4n) is 3.10. The number of nitrogens with zero attached hydrogens (tertiary/aromatic N) is 1. The Morgan fingerprint density at radius 2 is 2.08 bits per heavy atom. The third-order valence-electron chi connectivity index (χ3n) is 4.29. The van der Waals surface area contributed by atoms with E-state index in [1.807, 2.05) is 30.4 Å². The summed E-state index contributed by atoms with van der Waals surface area (Å²) < 4.78 is 36.8. The van der Waals surface area contributed by atoms with Crippen LogP contribution in [0.3, 0.4) is 0 Å². The molecule has 134 valence electrons. The number of amides is 2. The minimum absolute atomic E-state index is 0.330. The van der Waals surface area contributed by atoms with Gasteiger partial charge in [0.15, 0.2) is 0 Å². The number of carbonyl (C=O) groups excluding carboxylic acids is 2. The zero-order valence-corrected chi connectivity index (χ0v) is 13.6. The average Bonchev–Trinajstić information content (AvgIpc) is 3.17. The first kappa shape index (κ1) is 17.3. The molecule has 0 aliphatic carbocycles. The second-order valence-electron chi connectivity index (χ2n) is 6.26. The summed E-state index contributed by atoms with van der Waals surface area (Å²) in [4.78, 5) is 29.1. The highest BCUT2D eigenvalue weighted by Crippen LogP contribution is 2.23. The summed E-state index contributed by atoms with van der Waals surface area (Å²) in [6.45, 7) is 0.886. The molecule has 8 heteroatoms. The molecule has 0 unspecified atom stereocenters. The lowest BCUT2D eigenvalue weighted by molar-refractivity contribution is -0.140. The van der Waals surface area contributed by atoms with Gasteiger partial charge in [0, 0.05) is 17.4 Å². The first-order chi connectivity index (χ1) is 11.7. The summed E-state index contributed by atoms with van der Waals surface area (Å²) in [7, 11) is 0. The third kappa shape index (κ3) is 3.78. The van der Waals surface area contributed by atoms with E-state index in [-0.39, 0.29) is 5.91 Å². The highest BCUT2D eigenvalue weighted by molar-refractivity contribution is 6.00. The quantitative estimate of drug-likeness (QED) is 0.891. The number of hydrogen-bond donors (Lipinski definition) is 2. The Morgan fingerprint density at radius 1 is 1.32 bits per heavy atom. The predicted molar refractivity (Wildman–Crippen MR) is 86.2 cm³/mol. The number of H-pyrrole nitrogens is 1. The molecule has 2 N–H and O–H groups in total. The molecule has 1 fully saturated rings. The molecule has 1 aliphatic rings. The number of carbonyl (C=O) groups is 2. The Kier molecular flexibility index (Phi) is 4.45. The summed E-state index contributed by atoms with van der Waals surface area (Å²) in [6.07, 6.45) is -3.54. The van der Waals surface area contributed by atoms with Gasteiger partial charge in [0.1, 0.15) is 18.3 Å². The van der Waals surface area contributed by atoms with E-state index < -0.39 is 24.7 Å². The number of benzene rings is 1. The number of aromatic amines is 1. The van der Waals surface area contributed by atoms with Crippen molar-refractivity contribution in [1.82, 2.24) is 15.2 Å². The molecule has 5 nitrogen and oxygen atoms in total. The molecule has 2 heterocycles. The first-order valence-corrected chi connectivity index (χ1v) is 7.99. The van der Waals surface area contributed by atoms with E-state index in [1.165, 1.54) is 4.90 Å². The molecule has 2 amide bonds. The van der Waals surface area contributed by atoms with Crippen LogP contribution in [-0.4, -0.2) is 47.0 Å². The Morgan fingerprint density at radius 3 is 2.80 bits per heavy atom. The smallest absolute Gasteiger partial charge is 0.351 e. The van der Waals surface area contributed by atoms with Crippen LogP contribution in [0, 0.1) is 6.92 Å². The van der Waals surface area contributed by atoms with Gasteiger partial charge in [-0.3, -0.25) is 9.59 Å². The third-order valence-corrected chi connectivity index (χ3v) is 4.29. The van der Waals surface area contributed by atoms with Gasteiger partial charge in [-0.1, -0.05) is 12.1 Å². The van der Waals surface area contributed by atoms with Crippen LogP contribution in [0.1, 0.15) is 28.9 Å². The molecule has 1 aromatic carbocycles. The topological polar surface area (TPSA) is 65.2 Å². The zero-order valence-electron chi connectivity index (χ0n) is 13.6. The van der Waals surface area contributed by atoms with Crippen LogP contribution < -0.4 is 5.32 Å². The summed E-state index contributed by atoms with van der Waals surface area (Å²) in [6, 6.07) is 6.54. The van der Waals surface area contributed by atoms with Gasteiger partial charge in [-0.15, -0.1) is 0 Å². The summed E-state index contributed by atoms with van der Waals surface area (Å²) in [5, 5.41) is 2.73. The lowest BCUT2D eigenvalue weighted by atomic mass is 10.2. The van der Waals surface area contributed by atoms with Crippen LogP contribution in [0.4, 0.5) is 13.2 Å². The van der Waals surface area contributed by atoms with Crippen molar-refractivity contribution in [1.29, 1.82) is 0 Å². The van der Waals surface area contributed by atoms with Crippen molar-refractivity contribution < 1.29 is 22.8 Å². The number of likely N-dealkylation sites (tertiary alicyclic amines) is 1. The fourth-order valence-corrected chi connectivity index (χ4v) is 3.10. The van der Waals surface area contributed by atoms with Gasteiger partial charge in [-0.2, -0.15) is 13.2 Å². The van der Waals surface area contributed by atoms with Crippen LogP contribution in [-0.2, 0) is 4.79 Å². The first-order valence-electron chi connectivity index (χ1n) is 7.99. The Labute approximate surface area is 142 Å². The van der Waals surface area contributed by atoms with Crippen LogP contribution in [0.5, 0.6) is 0 Å². The largest absolute Gasteiger partial charge is 0.405 e. The maximum Gasteiger partial charge on any atom is 0.405 e. The molecule has 1 atom stereocenters. The number of rotatable bonds is 3. The van der Waals surface area contributed by atoms with E-state index in [0.717, 1.165) is 16.5 Å². The van der Waals surface area contributed by atoms with E-state index in [0.29, 0.717) is 25.1 Å². The Hall–Kier alpha value is -2.51. The number of nitrogens with one attached hydrogen (secondary N) is 2. The van der Waals surface area contributed by atoms with Crippen molar-refractivity contribution in [3.63, 3.8) is 0 Å². The molecule has 1 aromatic heterocycles. The Bertz CT molecular complexity index is 813. The number of fused-ring (bicyclic) bond motifs is 1. The normalized spacial score (nSPS) is 17.9. The van der Waals surface area contributed by atoms with Crippen LogP contribution >= 0.6 is 0 Å². The standard InChI is InChI=1S/C17H18F3N3O2/c1-10-4-5-11-8-13(22-12(11)7-10)16(25)23-6-2-3-14(23)15(24)21-9-17(18,19)20/h4-5,7-8,14,22H,2-3,6,9H2,1H3,(H,21,24)/t14-/m0/s1. The molecule has 1 saturated heterocycles. The summed E-state index contributed by atoms with van der Waals surface area (Å²) >= 11 is 0. The van der Waals surface area contributed by atoms with E-state index in [2.05, 4.69) is 4.98 Å². The molecular weight excluding hydrogens is 335 g/mol. The van der Waals surface area contributed by atoms with Crippen molar-refractivity contribution in [2.75, 3.05) is 13.1 Å². The molecule has 0 bridgehead atoms. The molecule has 1 aliphatic heterocycles. The van der Waals surface area contributed by atoms with E-state index in [1.54, 1.807) is 6.07 Å². The highest BCUT2D eigenvalue weighted by atomic mass is 19.4. The number of hydrogen-bond acceptors (Lipinski definition) is 2. The van der Waals surface area contributed by atoms with Crippen molar-refractivity contribution in [3.8, 4) is 0 Å². The summed E-state index contributed by atoms with van der Waals surface area (Å²) in [5.41, 5.74) is 2.18. The van der Waals surface area contributed by atoms with Crippen molar-refractivity contribution in [3.05, 3.63) is 35.5 Å². The SMILES string of the molecule is Cc1ccc2cc(C(=O)N3CCC[C@H]3C(=O)NCC(F)(F)F)[nH]c2c1. The maximum atomic E-state index is 12.7. The molecule has 0 spiro atoms. The van der Waals surface area contributed by atoms with Crippen molar-refractivity contribution in [2.45, 2.75) is 32.0 Å². The molecule has 25 heavy (non-hydrogen) atoms. The molecule has 0 radical (unpaired) electrons. The minimum atomic E-state index is -4.47. The fraction of sp³-hybridized carbons (Fsp3) is 0.412. The average molecular weight is 353 g/mol. The highest BCUT2D eigenvalue weighted by Gasteiger charge is 2.37. The van der Waals surface area contributed by atoms with Gasteiger partial charge in [-0.25, -0.2) is 0 Å². The van der Waals surface area contributed by atoms with Gasteiger partial charge < -0.3 is 15.2 Å². The molecular formula is C17H18F3N3O2. The van der Waals surface area contributed by atoms with Crippen molar-refractivity contribution in [2.24, 2.45) is 0 Å². The zero-order chi connectivity index (χ0) is 18.2. The lowest BCUT2D eigenvalue weighted by Crippen LogP contribution is -2.48. The molecule has 0 saturated carbocycles. The van der Waals surface area contributed by atoms with Gasteiger partial charge in [0.05, 0.1) is 0 Å². The van der Waals surface area contributed by atoms with E-state index in [4.69, 9.17) is 0 Å². The summed E-state index contributed by atoms with van der Waals surface area (Å²) in [5.74, 6) is -1.14. The van der Waals surface area contributed by atoms with Gasteiger partial charge in [-0.05, 0) is 37.5 Å². The minimum Gasteiger partial charge on any atom is -0.351 e. The van der Waals surface area contributed by atoms with Crippen LogP contribution in [0.15, 0.2) is 24.3 Å². The molecule has 2 aromatic rings. The number of aromatic nitrogens is 1. The lowest BCUT2D eigenvalue weighted by Gasteiger charge is -2.23. The maximum absolute atomic E-state index is 12.7. The predicted octanol–water partition coefficient (Wildman–Crippen LogP) is 2.76.